The molecule has 1 atom stereocenters. The second kappa shape index (κ2) is 12.1. The van der Waals surface area contributed by atoms with Crippen LogP contribution in [0.2, 0.25) is 0 Å². The summed E-state index contributed by atoms with van der Waals surface area (Å²) in [6, 6.07) is 0. The summed E-state index contributed by atoms with van der Waals surface area (Å²) in [6.07, 6.45) is 6.37. The van der Waals surface area contributed by atoms with Crippen molar-refractivity contribution in [2.45, 2.75) is 89.8 Å². The first-order chi connectivity index (χ1) is 9.45. The lowest BCUT2D eigenvalue weighted by Gasteiger charge is -2.04. The molecule has 20 heavy (non-hydrogen) atoms. The predicted octanol–water partition coefficient (Wildman–Crippen LogP) is 5.22. The van der Waals surface area contributed by atoms with E-state index in [-0.39, 0.29) is 0 Å². The highest BCUT2D eigenvalue weighted by molar-refractivity contribution is 5.09. The Balaban J connectivity index is 3.33. The zero-order chi connectivity index (χ0) is 15.3. The molecule has 0 spiro atoms. The van der Waals surface area contributed by atoms with Gasteiger partial charge in [-0.15, -0.1) is 0 Å². The molecule has 1 nitrogen and oxygen atoms in total. The summed E-state index contributed by atoms with van der Waals surface area (Å²) < 4.78 is 35.3. The fourth-order valence-corrected chi connectivity index (χ4v) is 2.06. The summed E-state index contributed by atoms with van der Waals surface area (Å²) in [5.41, 5.74) is 0. The summed E-state index contributed by atoms with van der Waals surface area (Å²) in [7, 11) is 0. The van der Waals surface area contributed by atoms with Gasteiger partial charge < -0.3 is 5.11 Å². The van der Waals surface area contributed by atoms with E-state index in [2.05, 4.69) is 6.92 Å². The molecule has 118 valence electrons. The van der Waals surface area contributed by atoms with Crippen LogP contribution in [-0.4, -0.2) is 17.4 Å². The van der Waals surface area contributed by atoms with Crippen LogP contribution in [0.4, 0.5) is 13.2 Å². The van der Waals surface area contributed by atoms with E-state index in [4.69, 9.17) is 0 Å². The molecule has 0 heterocycles. The van der Waals surface area contributed by atoms with Crippen LogP contribution in [0.15, 0.2) is 0 Å². The van der Waals surface area contributed by atoms with Crippen molar-refractivity contribution >= 4 is 0 Å². The van der Waals surface area contributed by atoms with Gasteiger partial charge in [0.25, 0.3) is 0 Å². The number of aliphatic hydroxyl groups is 1. The van der Waals surface area contributed by atoms with Crippen LogP contribution in [-0.2, 0) is 0 Å². The van der Waals surface area contributed by atoms with E-state index in [1.165, 1.54) is 44.9 Å². The summed E-state index contributed by atoms with van der Waals surface area (Å²) in [4.78, 5) is 0. The maximum atomic E-state index is 11.8. The van der Waals surface area contributed by atoms with Crippen LogP contribution < -0.4 is 0 Å². The fraction of sp³-hybridized carbons (Fsp3) is 0.875. The van der Waals surface area contributed by atoms with E-state index < -0.39 is 12.3 Å². The van der Waals surface area contributed by atoms with Crippen molar-refractivity contribution in [3.63, 3.8) is 0 Å². The number of rotatable bonds is 11. The summed E-state index contributed by atoms with van der Waals surface area (Å²) in [6.45, 7) is 2.20. The first-order valence-electron chi connectivity index (χ1n) is 7.73. The molecule has 0 rings (SSSR count). The minimum absolute atomic E-state index is 0.333. The quantitative estimate of drug-likeness (QED) is 0.408. The van der Waals surface area contributed by atoms with Crippen molar-refractivity contribution in [3.8, 4) is 11.8 Å². The van der Waals surface area contributed by atoms with Gasteiger partial charge in [-0.05, 0) is 12.8 Å². The van der Waals surface area contributed by atoms with Gasteiger partial charge in [0.15, 0.2) is 0 Å². The van der Waals surface area contributed by atoms with E-state index in [0.717, 1.165) is 25.2 Å². The standard InChI is InChI=1S/C16H27F3O/c1-2-3-4-5-6-7-8-9-10-11-12-15(20)13-14-16(17,18)19/h15,20H,2-12H2,1H3. The Kier molecular flexibility index (Phi) is 11.7. The summed E-state index contributed by atoms with van der Waals surface area (Å²) >= 11 is 0. The molecule has 0 aromatic carbocycles. The Labute approximate surface area is 121 Å². The van der Waals surface area contributed by atoms with Crippen LogP contribution >= 0.6 is 0 Å². The molecule has 1 unspecified atom stereocenters. The van der Waals surface area contributed by atoms with Crippen molar-refractivity contribution in [3.05, 3.63) is 0 Å². The van der Waals surface area contributed by atoms with Gasteiger partial charge in [-0.25, -0.2) is 0 Å². The third-order valence-electron chi connectivity index (χ3n) is 3.21. The van der Waals surface area contributed by atoms with Gasteiger partial charge >= 0.3 is 6.18 Å². The number of halogens is 3. The molecule has 0 fully saturated rings. The lowest BCUT2D eigenvalue weighted by molar-refractivity contribution is -0.0700. The zero-order valence-electron chi connectivity index (χ0n) is 12.4. The summed E-state index contributed by atoms with van der Waals surface area (Å²) in [5.74, 6) is 2.94. The lowest BCUT2D eigenvalue weighted by Crippen LogP contribution is -2.07. The van der Waals surface area contributed by atoms with Crippen molar-refractivity contribution in [2.24, 2.45) is 0 Å². The Morgan fingerprint density at radius 1 is 0.850 bits per heavy atom. The van der Waals surface area contributed by atoms with Gasteiger partial charge in [0.05, 0.1) is 0 Å². The molecule has 0 aromatic heterocycles. The highest BCUT2D eigenvalue weighted by atomic mass is 19.4. The third kappa shape index (κ3) is 15.4. The predicted molar refractivity (Wildman–Crippen MR) is 76.3 cm³/mol. The van der Waals surface area contributed by atoms with Crippen molar-refractivity contribution in [2.75, 3.05) is 0 Å². The average Bonchev–Trinajstić information content (AvgIpc) is 2.38. The molecule has 0 saturated carbocycles. The Morgan fingerprint density at radius 2 is 1.30 bits per heavy atom. The highest BCUT2D eigenvalue weighted by Gasteiger charge is 2.23. The first kappa shape index (κ1) is 19.3. The van der Waals surface area contributed by atoms with Crippen LogP contribution in [0.5, 0.6) is 0 Å². The van der Waals surface area contributed by atoms with Crippen LogP contribution in [0, 0.1) is 11.8 Å². The maximum absolute atomic E-state index is 11.8. The summed E-state index contributed by atoms with van der Waals surface area (Å²) in [5, 5.41) is 9.26. The largest absolute Gasteiger partial charge is 0.457 e. The minimum Gasteiger partial charge on any atom is -0.380 e. The fourth-order valence-electron chi connectivity index (χ4n) is 2.06. The molecule has 0 amide bonds. The van der Waals surface area contributed by atoms with E-state index in [0.29, 0.717) is 6.42 Å². The molecule has 0 aliphatic carbocycles. The molecule has 0 saturated heterocycles. The molecular formula is C16H27F3O. The van der Waals surface area contributed by atoms with E-state index >= 15 is 0 Å². The molecule has 0 bridgehead atoms. The first-order valence-corrected chi connectivity index (χ1v) is 7.73. The monoisotopic (exact) mass is 292 g/mol. The minimum atomic E-state index is -4.50. The topological polar surface area (TPSA) is 20.2 Å². The second-order valence-electron chi connectivity index (χ2n) is 5.25. The SMILES string of the molecule is CCCCCCCCCCCCC(O)C#CC(F)(F)F. The maximum Gasteiger partial charge on any atom is 0.457 e. The number of unbranched alkanes of at least 4 members (excludes halogenated alkanes) is 9. The third-order valence-corrected chi connectivity index (χ3v) is 3.21. The number of hydrogen-bond acceptors (Lipinski definition) is 1. The number of hydrogen-bond donors (Lipinski definition) is 1. The Bertz CT molecular complexity index is 276. The van der Waals surface area contributed by atoms with Gasteiger partial charge in [0.2, 0.25) is 0 Å². The van der Waals surface area contributed by atoms with Gasteiger partial charge in [-0.2, -0.15) is 13.2 Å². The molecule has 4 heteroatoms. The van der Waals surface area contributed by atoms with Gasteiger partial charge in [-0.3, -0.25) is 0 Å². The van der Waals surface area contributed by atoms with Crippen molar-refractivity contribution in [1.82, 2.24) is 0 Å². The van der Waals surface area contributed by atoms with Gasteiger partial charge in [0.1, 0.15) is 6.10 Å². The molecule has 0 radical (unpaired) electrons. The number of alkyl halides is 3. The smallest absolute Gasteiger partial charge is 0.380 e. The normalized spacial score (nSPS) is 12.8. The van der Waals surface area contributed by atoms with Crippen molar-refractivity contribution < 1.29 is 18.3 Å². The van der Waals surface area contributed by atoms with Crippen LogP contribution in [0.1, 0.15) is 77.6 Å². The lowest BCUT2D eigenvalue weighted by atomic mass is 10.0. The van der Waals surface area contributed by atoms with Crippen molar-refractivity contribution in [1.29, 1.82) is 0 Å². The highest BCUT2D eigenvalue weighted by Crippen LogP contribution is 2.14. The van der Waals surface area contributed by atoms with Gasteiger partial charge in [0, 0.05) is 5.92 Å². The van der Waals surface area contributed by atoms with E-state index in [9.17, 15) is 18.3 Å². The van der Waals surface area contributed by atoms with Gasteiger partial charge in [-0.1, -0.05) is 70.6 Å². The molecule has 0 aliphatic rings. The second-order valence-corrected chi connectivity index (χ2v) is 5.25. The average molecular weight is 292 g/mol. The van der Waals surface area contributed by atoms with E-state index in [1.807, 2.05) is 5.92 Å². The molecule has 1 N–H and O–H groups in total. The Hall–Kier alpha value is -0.690. The molecule has 0 aliphatic heterocycles. The number of aliphatic hydroxyl groups excluding tert-OH is 1. The molecule has 0 aromatic rings. The van der Waals surface area contributed by atoms with E-state index in [1.54, 1.807) is 0 Å². The zero-order valence-corrected chi connectivity index (χ0v) is 12.4. The van der Waals surface area contributed by atoms with Crippen LogP contribution in [0.25, 0.3) is 0 Å². The molecular weight excluding hydrogens is 265 g/mol. The van der Waals surface area contributed by atoms with Crippen LogP contribution in [0.3, 0.4) is 0 Å². The Morgan fingerprint density at radius 3 is 1.75 bits per heavy atom.